The molecule has 4 aliphatic rings. The summed E-state index contributed by atoms with van der Waals surface area (Å²) in [7, 11) is 0. The standard InChI is InChI=1S/C114H126Cl4N4O2S2/c1-11-19-27-35-43-75-51-76(44-36-28-20-12-2)56-83(55-75)113(84-57-77(45-37-29-21-13-3)52-78(58-84)46-38-30-22-14-4)97-67-94-98(68-93(97)111-99(113)65-87(125-111)63-95-107(105(73-119)121-9)89-69-101(115)103(117)71-91(89)109(95)123)114(85-59-79(47-39-31-23-15-5)53-80(60-85)48-40-32-24-16-6,86-61-81(49-41-33-25-17-7)54-82(62-86)50-42-34-26-18-8)100-66-88(126-112(94)100)64-96-108(106(74-120)122-10)90-70-102(116)104(118)72-92(90)110(96)124/h51-72H,11-50H2,1-8H3/b95-63-,96-64-,107-105+,108-106?. The van der Waals surface area contributed by atoms with E-state index in [4.69, 9.17) is 59.5 Å². The fourth-order valence-electron chi connectivity index (χ4n) is 20.5. The van der Waals surface area contributed by atoms with Gasteiger partial charge in [0.2, 0.25) is 0 Å². The number of thiophene rings is 2. The van der Waals surface area contributed by atoms with Crippen molar-refractivity contribution < 1.29 is 9.59 Å². The number of allylic oxidation sites excluding steroid dienone is 6. The minimum Gasteiger partial charge on any atom is -0.289 e. The molecule has 0 amide bonds. The summed E-state index contributed by atoms with van der Waals surface area (Å²) in [6.07, 6.45) is 47.3. The first-order chi connectivity index (χ1) is 61.4. The SMILES string of the molecule is [C-]#[N+]C(C#N)=C1/C(=C/c2cc3c(s2)-c2cc4c(cc2C3(c2cc(CCCCCC)cc(CCCCCC)c2)c2cc(CCCCCC)cc(CCCCCC)c2)-c2sc(/C=C3\C(=O)c5cc(Cl)c(Cl)cc5\C3=C(\C#N)[N+]#[C-])cc2C4(c2cc(CCCCCC)cc(CCCCCC)c2)c2cc(CCCCCC)cc(CCCCCC)c2)C(=O)c2cc(Cl)c(Cl)cc21. The third-order valence-corrected chi connectivity index (χ3v) is 30.6. The van der Waals surface area contributed by atoms with E-state index in [1.807, 2.05) is 12.2 Å². The number of Topliss-reactive ketones (excluding diaryl/α,β-unsaturated/α-hetero) is 2. The van der Waals surface area contributed by atoms with Gasteiger partial charge in [-0.15, -0.1) is 22.7 Å². The average molecular weight is 1790 g/mol. The lowest BCUT2D eigenvalue weighted by Gasteiger charge is -2.37. The van der Waals surface area contributed by atoms with Crippen LogP contribution in [0.4, 0.5) is 0 Å². The van der Waals surface area contributed by atoms with E-state index in [9.17, 15) is 10.5 Å². The van der Waals surface area contributed by atoms with Crippen LogP contribution in [0, 0.1) is 35.8 Å². The Hall–Kier alpha value is -8.64. The molecule has 0 bridgehead atoms. The van der Waals surface area contributed by atoms with Crippen LogP contribution in [0.3, 0.4) is 0 Å². The van der Waals surface area contributed by atoms with Crippen molar-refractivity contribution in [1.82, 2.24) is 0 Å². The van der Waals surface area contributed by atoms with Crippen LogP contribution >= 0.6 is 69.1 Å². The highest BCUT2D eigenvalue weighted by Gasteiger charge is 2.54. The number of benzene rings is 7. The van der Waals surface area contributed by atoms with Gasteiger partial charge >= 0.3 is 0 Å². The molecule has 0 saturated heterocycles. The van der Waals surface area contributed by atoms with Gasteiger partial charge in [0.25, 0.3) is 11.4 Å². The highest BCUT2D eigenvalue weighted by molar-refractivity contribution is 7.17. The monoisotopic (exact) mass is 1790 g/mol. The lowest BCUT2D eigenvalue weighted by molar-refractivity contribution is 0.103. The largest absolute Gasteiger partial charge is 0.289 e. The van der Waals surface area contributed by atoms with E-state index in [1.165, 1.54) is 77.9 Å². The zero-order chi connectivity index (χ0) is 89.0. The Balaban J connectivity index is 1.24. The molecule has 0 atom stereocenters. The Labute approximate surface area is 781 Å². The van der Waals surface area contributed by atoms with E-state index < -0.39 is 10.8 Å². The van der Waals surface area contributed by atoms with Crippen LogP contribution < -0.4 is 0 Å². The van der Waals surface area contributed by atoms with Crippen LogP contribution in [-0.2, 0) is 62.2 Å². The highest BCUT2D eigenvalue weighted by Crippen LogP contribution is 2.66. The first kappa shape index (κ1) is 95.0. The van der Waals surface area contributed by atoms with Gasteiger partial charge in [-0.05, 0) is 275 Å². The summed E-state index contributed by atoms with van der Waals surface area (Å²) in [6, 6.07) is 51.8. The maximum Gasteiger partial charge on any atom is 0.270 e. The van der Waals surface area contributed by atoms with E-state index in [1.54, 1.807) is 46.9 Å². The van der Waals surface area contributed by atoms with Gasteiger partial charge in [0.05, 0.1) is 56.2 Å². The Morgan fingerprint density at radius 1 is 0.310 bits per heavy atom. The fraction of sp³-hybridized carbons (Fsp3) is 0.439. The summed E-state index contributed by atoms with van der Waals surface area (Å²) in [5, 5.41) is 22.9. The third kappa shape index (κ3) is 20.5. The normalized spacial score (nSPS) is 15.2. The van der Waals surface area contributed by atoms with Crippen LogP contribution in [0.2, 0.25) is 20.1 Å². The summed E-state index contributed by atoms with van der Waals surface area (Å²) in [6.45, 7) is 35.5. The molecule has 2 aromatic heterocycles. The van der Waals surface area contributed by atoms with E-state index in [2.05, 4.69) is 174 Å². The van der Waals surface area contributed by atoms with Crippen molar-refractivity contribution >= 4 is 104 Å². The minimum atomic E-state index is -1.00. The van der Waals surface area contributed by atoms with Gasteiger partial charge < -0.3 is 0 Å². The molecule has 0 spiro atoms. The van der Waals surface area contributed by atoms with E-state index in [0.717, 1.165) is 299 Å². The first-order valence-electron chi connectivity index (χ1n) is 48.0. The van der Waals surface area contributed by atoms with Crippen molar-refractivity contribution in [2.24, 2.45) is 0 Å². The van der Waals surface area contributed by atoms with E-state index in [0.29, 0.717) is 22.3 Å². The number of aryl methyl sites for hydroxylation is 8. The quantitative estimate of drug-likeness (QED) is 0.0165. The Morgan fingerprint density at radius 3 is 0.754 bits per heavy atom. The zero-order valence-electron chi connectivity index (χ0n) is 75.9. The molecule has 126 heavy (non-hydrogen) atoms. The molecule has 13 rings (SSSR count). The fourth-order valence-corrected chi connectivity index (χ4v) is 23.6. The number of fused-ring (bicyclic) bond motifs is 8. The highest BCUT2D eigenvalue weighted by atomic mass is 35.5. The maximum absolute atomic E-state index is 15.6. The van der Waals surface area contributed by atoms with Gasteiger partial charge in [-0.25, -0.2) is 20.2 Å². The molecule has 0 unspecified atom stereocenters. The molecular weight excluding hydrogens is 1660 g/mol. The number of nitriles is 2. The van der Waals surface area contributed by atoms with Crippen molar-refractivity contribution in [3.05, 3.63) is 308 Å². The van der Waals surface area contributed by atoms with Crippen LogP contribution in [0.5, 0.6) is 0 Å². The molecule has 9 aromatic rings. The van der Waals surface area contributed by atoms with Gasteiger partial charge in [0.1, 0.15) is 0 Å². The molecule has 0 N–H and O–H groups in total. The smallest absolute Gasteiger partial charge is 0.270 e. The predicted octanol–water partition coefficient (Wildman–Crippen LogP) is 35.0. The summed E-state index contributed by atoms with van der Waals surface area (Å²) in [4.78, 5) is 42.8. The van der Waals surface area contributed by atoms with Crippen LogP contribution in [0.15, 0.2) is 144 Å². The average Bonchev–Trinajstić information content (AvgIpc) is 1.50. The molecule has 0 aliphatic heterocycles. The van der Waals surface area contributed by atoms with E-state index in [-0.39, 0.29) is 65.3 Å². The molecule has 4 aliphatic carbocycles. The summed E-state index contributed by atoms with van der Waals surface area (Å²) < 4.78 is 0. The second-order valence-corrected chi connectivity index (χ2v) is 40.0. The van der Waals surface area contributed by atoms with Crippen LogP contribution in [-0.4, -0.2) is 11.6 Å². The van der Waals surface area contributed by atoms with Crippen molar-refractivity contribution in [2.75, 3.05) is 0 Å². The number of rotatable bonds is 46. The Morgan fingerprint density at radius 2 is 0.540 bits per heavy atom. The van der Waals surface area contributed by atoms with Crippen molar-refractivity contribution in [2.45, 2.75) is 323 Å². The summed E-state index contributed by atoms with van der Waals surface area (Å²) in [5.74, 6) is -0.638. The molecular formula is C114H126Cl4N4O2S2. The summed E-state index contributed by atoms with van der Waals surface area (Å²) in [5.41, 5.74) is 22.5. The summed E-state index contributed by atoms with van der Waals surface area (Å²) >= 11 is 30.9. The van der Waals surface area contributed by atoms with Crippen LogP contribution in [0.25, 0.3) is 53.9 Å². The number of carbonyl (C=O) groups excluding carboxylic acids is 2. The number of nitrogens with zero attached hydrogens (tertiary/aromatic N) is 4. The number of unbranched alkanes of at least 4 members (excludes halogenated alkanes) is 24. The molecule has 0 fully saturated rings. The number of hydrogen-bond donors (Lipinski definition) is 0. The predicted molar refractivity (Wildman–Crippen MR) is 535 cm³/mol. The molecule has 12 heteroatoms. The molecule has 654 valence electrons. The lowest BCUT2D eigenvalue weighted by atomic mass is 9.64. The number of carbonyl (C=O) groups is 2. The molecule has 0 radical (unpaired) electrons. The molecule has 2 heterocycles. The lowest BCUT2D eigenvalue weighted by Crippen LogP contribution is -2.31. The number of ketones is 2. The molecule has 6 nitrogen and oxygen atoms in total. The second-order valence-electron chi connectivity index (χ2n) is 36.2. The van der Waals surface area contributed by atoms with Gasteiger partial charge in [-0.2, -0.15) is 0 Å². The van der Waals surface area contributed by atoms with Gasteiger partial charge in [-0.3, -0.25) is 9.59 Å². The third-order valence-electron chi connectivity index (χ3n) is 26.9. The zero-order valence-corrected chi connectivity index (χ0v) is 80.6. The van der Waals surface area contributed by atoms with Crippen molar-refractivity contribution in [3.63, 3.8) is 0 Å². The topological polar surface area (TPSA) is 90.4 Å². The Kier molecular flexibility index (Phi) is 34.0. The minimum absolute atomic E-state index is 0.191. The van der Waals surface area contributed by atoms with E-state index >= 15 is 9.59 Å². The molecule has 0 saturated carbocycles. The molecule has 7 aromatic carbocycles. The van der Waals surface area contributed by atoms with Crippen LogP contribution in [0.1, 0.15) is 391 Å². The van der Waals surface area contributed by atoms with Crippen molar-refractivity contribution in [3.8, 4) is 33.0 Å². The second kappa shape index (κ2) is 45.1. The maximum atomic E-state index is 15.6. The van der Waals surface area contributed by atoms with Gasteiger partial charge in [0.15, 0.2) is 11.6 Å². The van der Waals surface area contributed by atoms with Crippen molar-refractivity contribution in [1.29, 1.82) is 10.5 Å². The number of halogens is 4. The Bertz CT molecular complexity index is 5160. The first-order valence-corrected chi connectivity index (χ1v) is 51.2. The number of hydrogen-bond acceptors (Lipinski definition) is 6. The van der Waals surface area contributed by atoms with Gasteiger partial charge in [0, 0.05) is 52.9 Å². The van der Waals surface area contributed by atoms with Gasteiger partial charge in [-0.1, -0.05) is 329 Å².